The third kappa shape index (κ3) is 2.03. The van der Waals surface area contributed by atoms with Gasteiger partial charge in [0.25, 0.3) is 0 Å². The van der Waals surface area contributed by atoms with Crippen LogP contribution in [0.1, 0.15) is 17.5 Å². The van der Waals surface area contributed by atoms with Crippen molar-refractivity contribution in [2.75, 3.05) is 17.2 Å². The van der Waals surface area contributed by atoms with Crippen molar-refractivity contribution in [1.82, 2.24) is 0 Å². The molecule has 1 heterocycles. The molecule has 18 heavy (non-hydrogen) atoms. The molecule has 2 rings (SSSR count). The number of nitrogen functional groups attached to an aromatic ring is 1. The summed E-state index contributed by atoms with van der Waals surface area (Å²) in [6.45, 7) is 4.25. The fourth-order valence-electron chi connectivity index (χ4n) is 2.19. The van der Waals surface area contributed by atoms with Crippen LogP contribution in [-0.2, 0) is 9.59 Å². The Kier molecular flexibility index (Phi) is 2.98. The van der Waals surface area contributed by atoms with E-state index in [2.05, 4.69) is 0 Å². The van der Waals surface area contributed by atoms with Crippen molar-refractivity contribution in [3.63, 3.8) is 0 Å². The van der Waals surface area contributed by atoms with Gasteiger partial charge in [-0.1, -0.05) is 0 Å². The molecule has 0 aliphatic carbocycles. The molecule has 1 saturated heterocycles. The standard InChI is InChI=1S/C13H17N3O2/c1-7-3-10(14)11(4-8(7)2)16-6-9(13(15)18)5-12(16)17/h3-4,9H,5-6,14H2,1-2H3,(H2,15,18). The first-order chi connectivity index (χ1) is 8.40. The molecule has 4 N–H and O–H groups in total. The van der Waals surface area contributed by atoms with E-state index in [1.807, 2.05) is 26.0 Å². The molecule has 0 aromatic heterocycles. The van der Waals surface area contributed by atoms with Gasteiger partial charge in [-0.3, -0.25) is 9.59 Å². The van der Waals surface area contributed by atoms with Crippen molar-refractivity contribution in [2.45, 2.75) is 20.3 Å². The van der Waals surface area contributed by atoms with Crippen molar-refractivity contribution in [3.8, 4) is 0 Å². The number of anilines is 2. The number of nitrogens with two attached hydrogens (primary N) is 2. The van der Waals surface area contributed by atoms with Crippen LogP contribution in [-0.4, -0.2) is 18.4 Å². The molecule has 0 saturated carbocycles. The number of aryl methyl sites for hydroxylation is 2. The van der Waals surface area contributed by atoms with Gasteiger partial charge in [0.05, 0.1) is 17.3 Å². The van der Waals surface area contributed by atoms with Gasteiger partial charge in [0, 0.05) is 13.0 Å². The van der Waals surface area contributed by atoms with Gasteiger partial charge in [0.2, 0.25) is 11.8 Å². The Labute approximate surface area is 106 Å². The van der Waals surface area contributed by atoms with Gasteiger partial charge in [0.15, 0.2) is 0 Å². The molecule has 1 aliphatic rings. The largest absolute Gasteiger partial charge is 0.397 e. The van der Waals surface area contributed by atoms with Gasteiger partial charge in [-0.15, -0.1) is 0 Å². The highest BCUT2D eigenvalue weighted by Gasteiger charge is 2.34. The van der Waals surface area contributed by atoms with Gasteiger partial charge in [-0.2, -0.15) is 0 Å². The number of rotatable bonds is 2. The Balaban J connectivity index is 2.35. The maximum Gasteiger partial charge on any atom is 0.227 e. The Morgan fingerprint density at radius 1 is 1.33 bits per heavy atom. The molecule has 96 valence electrons. The van der Waals surface area contributed by atoms with E-state index in [4.69, 9.17) is 11.5 Å². The molecule has 1 atom stereocenters. The van der Waals surface area contributed by atoms with Crippen LogP contribution in [0.2, 0.25) is 0 Å². The van der Waals surface area contributed by atoms with Gasteiger partial charge in [-0.25, -0.2) is 0 Å². The number of carbonyl (C=O) groups excluding carboxylic acids is 2. The molecule has 1 aromatic rings. The molecule has 5 heteroatoms. The molecular weight excluding hydrogens is 230 g/mol. The van der Waals surface area contributed by atoms with Crippen molar-refractivity contribution < 1.29 is 9.59 Å². The van der Waals surface area contributed by atoms with E-state index in [9.17, 15) is 9.59 Å². The monoisotopic (exact) mass is 247 g/mol. The van der Waals surface area contributed by atoms with Gasteiger partial charge < -0.3 is 16.4 Å². The Bertz CT molecular complexity index is 525. The van der Waals surface area contributed by atoms with E-state index in [-0.39, 0.29) is 12.3 Å². The van der Waals surface area contributed by atoms with E-state index in [0.717, 1.165) is 11.1 Å². The highest BCUT2D eigenvalue weighted by atomic mass is 16.2. The summed E-state index contributed by atoms with van der Waals surface area (Å²) in [4.78, 5) is 24.6. The summed E-state index contributed by atoms with van der Waals surface area (Å²) in [5.74, 6) is -0.958. The predicted octanol–water partition coefficient (Wildman–Crippen LogP) is 0.724. The predicted molar refractivity (Wildman–Crippen MR) is 70.0 cm³/mol. The van der Waals surface area contributed by atoms with Crippen LogP contribution in [0.25, 0.3) is 0 Å². The van der Waals surface area contributed by atoms with Crippen LogP contribution >= 0.6 is 0 Å². The number of primary amides is 1. The van der Waals surface area contributed by atoms with E-state index in [1.54, 1.807) is 4.90 Å². The SMILES string of the molecule is Cc1cc(N)c(N2CC(C(N)=O)CC2=O)cc1C. The van der Waals surface area contributed by atoms with Crippen LogP contribution in [0.4, 0.5) is 11.4 Å². The number of nitrogens with zero attached hydrogens (tertiary/aromatic N) is 1. The molecule has 0 bridgehead atoms. The summed E-state index contributed by atoms with van der Waals surface area (Å²) in [5.41, 5.74) is 14.6. The zero-order valence-electron chi connectivity index (χ0n) is 10.6. The third-order valence-electron chi connectivity index (χ3n) is 3.46. The zero-order chi connectivity index (χ0) is 13.4. The first-order valence-electron chi connectivity index (χ1n) is 5.86. The summed E-state index contributed by atoms with van der Waals surface area (Å²) >= 11 is 0. The number of amides is 2. The molecular formula is C13H17N3O2. The summed E-state index contributed by atoms with van der Waals surface area (Å²) in [7, 11) is 0. The summed E-state index contributed by atoms with van der Waals surface area (Å²) in [6.07, 6.45) is 0.168. The fourth-order valence-corrected chi connectivity index (χ4v) is 2.19. The Morgan fingerprint density at radius 3 is 2.50 bits per heavy atom. The number of benzene rings is 1. The maximum absolute atomic E-state index is 11.9. The molecule has 0 radical (unpaired) electrons. The number of hydrogen-bond acceptors (Lipinski definition) is 3. The normalized spacial score (nSPS) is 19.3. The van der Waals surface area contributed by atoms with Gasteiger partial charge in [-0.05, 0) is 37.1 Å². The average molecular weight is 247 g/mol. The summed E-state index contributed by atoms with van der Waals surface area (Å²) < 4.78 is 0. The topological polar surface area (TPSA) is 89.4 Å². The maximum atomic E-state index is 11.9. The van der Waals surface area contributed by atoms with Crippen LogP contribution in [0.15, 0.2) is 12.1 Å². The lowest BCUT2D eigenvalue weighted by atomic mass is 10.1. The van der Waals surface area contributed by atoms with E-state index >= 15 is 0 Å². The lowest BCUT2D eigenvalue weighted by molar-refractivity contribution is -0.123. The summed E-state index contributed by atoms with van der Waals surface area (Å²) in [5, 5.41) is 0. The van der Waals surface area contributed by atoms with Crippen LogP contribution in [0, 0.1) is 19.8 Å². The molecule has 1 aromatic carbocycles. The molecule has 1 unspecified atom stereocenters. The van der Waals surface area contributed by atoms with Crippen molar-refractivity contribution in [2.24, 2.45) is 11.7 Å². The van der Waals surface area contributed by atoms with Crippen molar-refractivity contribution in [1.29, 1.82) is 0 Å². The smallest absolute Gasteiger partial charge is 0.227 e. The summed E-state index contributed by atoms with van der Waals surface area (Å²) in [6, 6.07) is 3.72. The molecule has 0 spiro atoms. The second kappa shape index (κ2) is 4.33. The highest BCUT2D eigenvalue weighted by Crippen LogP contribution is 2.31. The Morgan fingerprint density at radius 2 is 1.94 bits per heavy atom. The van der Waals surface area contributed by atoms with E-state index in [1.165, 1.54) is 0 Å². The van der Waals surface area contributed by atoms with E-state index < -0.39 is 11.8 Å². The van der Waals surface area contributed by atoms with Crippen LogP contribution < -0.4 is 16.4 Å². The Hall–Kier alpha value is -2.04. The first kappa shape index (κ1) is 12.4. The second-order valence-electron chi connectivity index (χ2n) is 4.80. The average Bonchev–Trinajstić information content (AvgIpc) is 2.66. The molecule has 1 fully saturated rings. The molecule has 5 nitrogen and oxygen atoms in total. The van der Waals surface area contributed by atoms with Crippen LogP contribution in [0.3, 0.4) is 0 Å². The number of hydrogen-bond donors (Lipinski definition) is 2. The first-order valence-corrected chi connectivity index (χ1v) is 5.86. The molecule has 1 aliphatic heterocycles. The van der Waals surface area contributed by atoms with Gasteiger partial charge in [0.1, 0.15) is 0 Å². The number of carbonyl (C=O) groups is 2. The van der Waals surface area contributed by atoms with Crippen molar-refractivity contribution >= 4 is 23.2 Å². The minimum Gasteiger partial charge on any atom is -0.397 e. The second-order valence-corrected chi connectivity index (χ2v) is 4.80. The van der Waals surface area contributed by atoms with E-state index in [0.29, 0.717) is 17.9 Å². The third-order valence-corrected chi connectivity index (χ3v) is 3.46. The minimum atomic E-state index is -0.437. The zero-order valence-corrected chi connectivity index (χ0v) is 10.6. The van der Waals surface area contributed by atoms with Gasteiger partial charge >= 0.3 is 0 Å². The van der Waals surface area contributed by atoms with Crippen molar-refractivity contribution in [3.05, 3.63) is 23.3 Å². The fraction of sp³-hybridized carbons (Fsp3) is 0.385. The lowest BCUT2D eigenvalue weighted by Gasteiger charge is -2.20. The lowest BCUT2D eigenvalue weighted by Crippen LogP contribution is -2.29. The minimum absolute atomic E-state index is 0.103. The van der Waals surface area contributed by atoms with Crippen LogP contribution in [0.5, 0.6) is 0 Å². The quantitative estimate of drug-likeness (QED) is 0.755. The molecule has 2 amide bonds. The highest BCUT2D eigenvalue weighted by molar-refractivity contribution is 6.02.